The standard InChI is InChI=1S/C7H17NO6S2/c1-7(5-9,6-10)8-16(13,14)4-3-15(2,11)12/h8-10H,3-6H2,1-2H3. The lowest BCUT2D eigenvalue weighted by Crippen LogP contribution is -2.52. The number of hydrogen-bond acceptors (Lipinski definition) is 6. The van der Waals surface area contributed by atoms with E-state index in [4.69, 9.17) is 10.2 Å². The molecule has 0 saturated carbocycles. The van der Waals surface area contributed by atoms with Gasteiger partial charge in [-0.1, -0.05) is 0 Å². The minimum absolute atomic E-state index is 0.505. The second-order valence-corrected chi connectivity index (χ2v) is 8.03. The number of aliphatic hydroxyl groups excluding tert-OH is 2. The quantitative estimate of drug-likeness (QED) is 0.480. The van der Waals surface area contributed by atoms with Gasteiger partial charge in [-0.25, -0.2) is 21.6 Å². The molecule has 0 aromatic heterocycles. The Morgan fingerprint density at radius 1 is 1.06 bits per heavy atom. The zero-order valence-corrected chi connectivity index (χ0v) is 10.8. The summed E-state index contributed by atoms with van der Waals surface area (Å²) in [6, 6.07) is 0. The molecule has 9 heteroatoms. The highest BCUT2D eigenvalue weighted by molar-refractivity contribution is 7.93. The van der Waals surface area contributed by atoms with Crippen LogP contribution in [0.3, 0.4) is 0 Å². The Hall–Kier alpha value is -0.220. The van der Waals surface area contributed by atoms with Crippen LogP contribution in [0.1, 0.15) is 6.92 Å². The molecule has 0 fully saturated rings. The molecule has 0 heterocycles. The Kier molecular flexibility index (Phi) is 5.33. The maximum absolute atomic E-state index is 11.4. The molecule has 0 atom stereocenters. The van der Waals surface area contributed by atoms with E-state index >= 15 is 0 Å². The van der Waals surface area contributed by atoms with Crippen molar-refractivity contribution in [3.8, 4) is 0 Å². The number of hydrogen-bond donors (Lipinski definition) is 3. The number of sulfone groups is 1. The van der Waals surface area contributed by atoms with Gasteiger partial charge >= 0.3 is 0 Å². The fraction of sp³-hybridized carbons (Fsp3) is 1.00. The predicted molar refractivity (Wildman–Crippen MR) is 59.2 cm³/mol. The summed E-state index contributed by atoms with van der Waals surface area (Å²) in [5, 5.41) is 17.7. The Balaban J connectivity index is 4.59. The van der Waals surface area contributed by atoms with Crippen LogP contribution in [0.4, 0.5) is 0 Å². The Morgan fingerprint density at radius 3 is 1.81 bits per heavy atom. The number of sulfonamides is 1. The van der Waals surface area contributed by atoms with Gasteiger partial charge in [-0.3, -0.25) is 0 Å². The Morgan fingerprint density at radius 2 is 1.50 bits per heavy atom. The van der Waals surface area contributed by atoms with E-state index in [0.717, 1.165) is 6.26 Å². The first-order valence-electron chi connectivity index (χ1n) is 4.45. The van der Waals surface area contributed by atoms with Gasteiger partial charge in [-0.15, -0.1) is 0 Å². The van der Waals surface area contributed by atoms with E-state index in [9.17, 15) is 16.8 Å². The fourth-order valence-corrected chi connectivity index (χ4v) is 3.87. The number of nitrogens with one attached hydrogen (secondary N) is 1. The first-order valence-corrected chi connectivity index (χ1v) is 8.16. The van der Waals surface area contributed by atoms with Crippen molar-refractivity contribution in [3.05, 3.63) is 0 Å². The molecule has 0 aliphatic carbocycles. The molecule has 0 saturated heterocycles. The minimum atomic E-state index is -3.85. The summed E-state index contributed by atoms with van der Waals surface area (Å²) in [5.74, 6) is -1.10. The highest BCUT2D eigenvalue weighted by atomic mass is 32.2. The molecule has 0 aliphatic rings. The third-order valence-corrected chi connectivity index (χ3v) is 4.57. The molecular formula is C7H17NO6S2. The molecule has 0 aromatic carbocycles. The molecule has 0 rings (SSSR count). The van der Waals surface area contributed by atoms with Crippen molar-refractivity contribution in [2.75, 3.05) is 31.0 Å². The molecule has 0 radical (unpaired) electrons. The monoisotopic (exact) mass is 275 g/mol. The van der Waals surface area contributed by atoms with Crippen molar-refractivity contribution in [1.29, 1.82) is 0 Å². The first kappa shape index (κ1) is 15.8. The van der Waals surface area contributed by atoms with Crippen molar-refractivity contribution >= 4 is 19.9 Å². The largest absolute Gasteiger partial charge is 0.394 e. The summed E-state index contributed by atoms with van der Waals surface area (Å²) in [6.45, 7) is 0.147. The molecule has 7 nitrogen and oxygen atoms in total. The van der Waals surface area contributed by atoms with Crippen molar-refractivity contribution in [2.45, 2.75) is 12.5 Å². The van der Waals surface area contributed by atoms with E-state index in [1.807, 2.05) is 4.72 Å². The number of aliphatic hydroxyl groups is 2. The lowest BCUT2D eigenvalue weighted by molar-refractivity contribution is 0.122. The van der Waals surface area contributed by atoms with Crippen molar-refractivity contribution in [2.24, 2.45) is 0 Å². The lowest BCUT2D eigenvalue weighted by atomic mass is 10.1. The molecule has 98 valence electrons. The molecule has 0 spiro atoms. The predicted octanol–water partition coefficient (Wildman–Crippen LogP) is -2.31. The van der Waals surface area contributed by atoms with Crippen LogP contribution >= 0.6 is 0 Å². The average Bonchev–Trinajstić information content (AvgIpc) is 2.13. The summed E-state index contributed by atoms with van der Waals surface area (Å²) in [4.78, 5) is 0. The first-order chi connectivity index (χ1) is 7.04. The molecule has 0 unspecified atom stereocenters. The SMILES string of the molecule is CC(CO)(CO)NS(=O)(=O)CCS(C)(=O)=O. The number of rotatable bonds is 7. The Bertz CT molecular complexity index is 408. The zero-order chi connectivity index (χ0) is 13.0. The summed E-state index contributed by atoms with van der Waals surface area (Å²) >= 11 is 0. The molecule has 16 heavy (non-hydrogen) atoms. The summed E-state index contributed by atoms with van der Waals surface area (Å²) in [6.07, 6.45) is 0.930. The maximum Gasteiger partial charge on any atom is 0.213 e. The molecular weight excluding hydrogens is 258 g/mol. The van der Waals surface area contributed by atoms with Crippen molar-refractivity contribution in [1.82, 2.24) is 4.72 Å². The van der Waals surface area contributed by atoms with E-state index in [0.29, 0.717) is 0 Å². The van der Waals surface area contributed by atoms with Crippen LogP contribution in [-0.2, 0) is 19.9 Å². The molecule has 0 bridgehead atoms. The van der Waals surface area contributed by atoms with E-state index in [1.54, 1.807) is 0 Å². The van der Waals surface area contributed by atoms with E-state index in [1.165, 1.54) is 6.92 Å². The van der Waals surface area contributed by atoms with Crippen LogP contribution in [0.25, 0.3) is 0 Å². The second-order valence-electron chi connectivity index (χ2n) is 3.93. The van der Waals surface area contributed by atoms with Gasteiger partial charge < -0.3 is 10.2 Å². The van der Waals surface area contributed by atoms with Crippen LogP contribution in [0.2, 0.25) is 0 Å². The minimum Gasteiger partial charge on any atom is -0.394 e. The highest BCUT2D eigenvalue weighted by Crippen LogP contribution is 2.04. The van der Waals surface area contributed by atoms with Gasteiger partial charge in [0.2, 0.25) is 10.0 Å². The Labute approximate surface area is 95.5 Å². The average molecular weight is 275 g/mol. The van der Waals surface area contributed by atoms with Gasteiger partial charge in [0, 0.05) is 6.26 Å². The lowest BCUT2D eigenvalue weighted by Gasteiger charge is -2.25. The summed E-state index contributed by atoms with van der Waals surface area (Å²) in [5.41, 5.74) is -1.38. The van der Waals surface area contributed by atoms with Gasteiger partial charge in [0.15, 0.2) is 0 Å². The fourth-order valence-electron chi connectivity index (χ4n) is 0.802. The van der Waals surface area contributed by atoms with Crippen LogP contribution in [0.15, 0.2) is 0 Å². The van der Waals surface area contributed by atoms with Crippen LogP contribution < -0.4 is 4.72 Å². The van der Waals surface area contributed by atoms with E-state index < -0.39 is 50.1 Å². The van der Waals surface area contributed by atoms with Crippen molar-refractivity contribution < 1.29 is 27.0 Å². The van der Waals surface area contributed by atoms with Gasteiger partial charge in [0.25, 0.3) is 0 Å². The third kappa shape index (κ3) is 6.38. The smallest absolute Gasteiger partial charge is 0.213 e. The van der Waals surface area contributed by atoms with Gasteiger partial charge in [0.1, 0.15) is 9.84 Å². The molecule has 0 aliphatic heterocycles. The molecule has 0 amide bonds. The van der Waals surface area contributed by atoms with Gasteiger partial charge in [-0.05, 0) is 6.92 Å². The van der Waals surface area contributed by atoms with Crippen LogP contribution in [0.5, 0.6) is 0 Å². The second kappa shape index (κ2) is 5.41. The van der Waals surface area contributed by atoms with Gasteiger partial charge in [0.05, 0.1) is 30.3 Å². The molecule has 0 aromatic rings. The zero-order valence-electron chi connectivity index (χ0n) is 9.17. The molecule has 3 N–H and O–H groups in total. The van der Waals surface area contributed by atoms with Crippen LogP contribution in [-0.4, -0.2) is 63.6 Å². The normalized spacial score (nSPS) is 14.0. The topological polar surface area (TPSA) is 121 Å². The van der Waals surface area contributed by atoms with E-state index in [2.05, 4.69) is 0 Å². The van der Waals surface area contributed by atoms with Gasteiger partial charge in [-0.2, -0.15) is 0 Å². The van der Waals surface area contributed by atoms with Crippen LogP contribution in [0, 0.1) is 0 Å². The van der Waals surface area contributed by atoms with E-state index in [-0.39, 0.29) is 0 Å². The van der Waals surface area contributed by atoms with Crippen molar-refractivity contribution in [3.63, 3.8) is 0 Å². The maximum atomic E-state index is 11.4. The summed E-state index contributed by atoms with van der Waals surface area (Å²) < 4.78 is 46.5. The summed E-state index contributed by atoms with van der Waals surface area (Å²) in [7, 11) is -7.22. The highest BCUT2D eigenvalue weighted by Gasteiger charge is 2.28. The third-order valence-electron chi connectivity index (χ3n) is 1.82.